The van der Waals surface area contributed by atoms with Gasteiger partial charge in [-0.05, 0) is 42.2 Å². The van der Waals surface area contributed by atoms with Crippen LogP contribution in [0.15, 0.2) is 48.5 Å². The van der Waals surface area contributed by atoms with Gasteiger partial charge in [0.15, 0.2) is 0 Å². The summed E-state index contributed by atoms with van der Waals surface area (Å²) in [4.78, 5) is 14.3. The summed E-state index contributed by atoms with van der Waals surface area (Å²) in [5.74, 6) is 0.167. The highest BCUT2D eigenvalue weighted by molar-refractivity contribution is 5.99. The summed E-state index contributed by atoms with van der Waals surface area (Å²) >= 11 is 0. The lowest BCUT2D eigenvalue weighted by Gasteiger charge is -2.21. The predicted octanol–water partition coefficient (Wildman–Crippen LogP) is 1.85. The smallest absolute Gasteiger partial charge is 0.244 e. The number of hydrogen-bond acceptors (Lipinski definition) is 3. The Bertz CT molecular complexity index is 652. The zero-order chi connectivity index (χ0) is 14.8. The number of phenols is 1. The molecule has 0 saturated heterocycles. The number of anilines is 1. The van der Waals surface area contributed by atoms with Gasteiger partial charge in [-0.15, -0.1) is 0 Å². The number of carbonyl (C=O) groups excluding carboxylic acids is 1. The number of benzene rings is 2. The van der Waals surface area contributed by atoms with Gasteiger partial charge >= 0.3 is 0 Å². The SMILES string of the molecule is NC(Cc1ccc(O)cc1)C(=O)N1CCc2ccccc21. The number of phenolic OH excluding ortho intramolecular Hbond substituents is 1. The number of fused-ring (bicyclic) bond motifs is 1. The van der Waals surface area contributed by atoms with Crippen LogP contribution in [0.1, 0.15) is 11.1 Å². The van der Waals surface area contributed by atoms with Crippen LogP contribution < -0.4 is 10.6 Å². The number of hydrogen-bond donors (Lipinski definition) is 2. The molecule has 0 aliphatic carbocycles. The van der Waals surface area contributed by atoms with Gasteiger partial charge in [-0.1, -0.05) is 30.3 Å². The molecule has 0 spiro atoms. The highest BCUT2D eigenvalue weighted by atomic mass is 16.3. The second-order valence-electron chi connectivity index (χ2n) is 5.35. The standard InChI is InChI=1S/C17H18N2O2/c18-15(11-12-5-7-14(20)8-6-12)17(21)19-10-9-13-3-1-2-4-16(13)19/h1-8,15,20H,9-11,18H2. The molecule has 1 aliphatic heterocycles. The maximum absolute atomic E-state index is 12.5. The Morgan fingerprint density at radius 3 is 2.67 bits per heavy atom. The van der Waals surface area contributed by atoms with Crippen molar-refractivity contribution < 1.29 is 9.90 Å². The molecular formula is C17H18N2O2. The Hall–Kier alpha value is -2.33. The molecule has 4 heteroatoms. The van der Waals surface area contributed by atoms with E-state index < -0.39 is 6.04 Å². The quantitative estimate of drug-likeness (QED) is 0.903. The molecule has 0 radical (unpaired) electrons. The molecule has 0 bridgehead atoms. The maximum Gasteiger partial charge on any atom is 0.244 e. The van der Waals surface area contributed by atoms with Crippen molar-refractivity contribution in [2.24, 2.45) is 5.73 Å². The summed E-state index contributed by atoms with van der Waals surface area (Å²) in [6.45, 7) is 0.696. The Kier molecular flexibility index (Phi) is 3.62. The van der Waals surface area contributed by atoms with E-state index in [2.05, 4.69) is 0 Å². The van der Waals surface area contributed by atoms with Crippen molar-refractivity contribution in [1.29, 1.82) is 0 Å². The van der Waals surface area contributed by atoms with E-state index in [9.17, 15) is 9.90 Å². The fourth-order valence-electron chi connectivity index (χ4n) is 2.74. The zero-order valence-electron chi connectivity index (χ0n) is 11.7. The lowest BCUT2D eigenvalue weighted by molar-refractivity contribution is -0.119. The molecule has 4 nitrogen and oxygen atoms in total. The molecule has 21 heavy (non-hydrogen) atoms. The van der Waals surface area contributed by atoms with Gasteiger partial charge in [0.05, 0.1) is 6.04 Å². The minimum absolute atomic E-state index is 0.0481. The van der Waals surface area contributed by atoms with Gasteiger partial charge in [-0.3, -0.25) is 4.79 Å². The second-order valence-corrected chi connectivity index (χ2v) is 5.35. The summed E-state index contributed by atoms with van der Waals surface area (Å²) in [6, 6.07) is 14.2. The molecule has 3 N–H and O–H groups in total. The minimum Gasteiger partial charge on any atom is -0.508 e. The van der Waals surface area contributed by atoms with Gasteiger partial charge < -0.3 is 15.7 Å². The lowest BCUT2D eigenvalue weighted by Crippen LogP contribution is -2.44. The van der Waals surface area contributed by atoms with Crippen LogP contribution in [0, 0.1) is 0 Å². The Morgan fingerprint density at radius 2 is 1.90 bits per heavy atom. The molecule has 2 aromatic rings. The average molecular weight is 282 g/mol. The van der Waals surface area contributed by atoms with Crippen molar-refractivity contribution >= 4 is 11.6 Å². The first-order valence-electron chi connectivity index (χ1n) is 7.08. The Morgan fingerprint density at radius 1 is 1.19 bits per heavy atom. The molecule has 1 aliphatic rings. The van der Waals surface area contributed by atoms with Crippen LogP contribution in [-0.4, -0.2) is 23.6 Å². The summed E-state index contributed by atoms with van der Waals surface area (Å²) < 4.78 is 0. The number of carbonyl (C=O) groups is 1. The molecule has 1 heterocycles. The van der Waals surface area contributed by atoms with Crippen LogP contribution >= 0.6 is 0 Å². The van der Waals surface area contributed by atoms with Crippen LogP contribution in [0.2, 0.25) is 0 Å². The van der Waals surface area contributed by atoms with Crippen LogP contribution in [0.3, 0.4) is 0 Å². The molecule has 1 unspecified atom stereocenters. The normalized spacial score (nSPS) is 14.8. The van der Waals surface area contributed by atoms with E-state index in [0.717, 1.165) is 17.7 Å². The van der Waals surface area contributed by atoms with Crippen molar-refractivity contribution in [1.82, 2.24) is 0 Å². The van der Waals surface area contributed by atoms with E-state index in [1.54, 1.807) is 29.2 Å². The van der Waals surface area contributed by atoms with E-state index in [4.69, 9.17) is 5.73 Å². The van der Waals surface area contributed by atoms with Crippen molar-refractivity contribution in [2.75, 3.05) is 11.4 Å². The van der Waals surface area contributed by atoms with Gasteiger partial charge in [-0.2, -0.15) is 0 Å². The molecule has 3 rings (SSSR count). The third-order valence-electron chi connectivity index (χ3n) is 3.86. The van der Waals surface area contributed by atoms with E-state index in [0.29, 0.717) is 13.0 Å². The fraction of sp³-hybridized carbons (Fsp3) is 0.235. The molecule has 0 aromatic heterocycles. The van der Waals surface area contributed by atoms with Crippen LogP contribution in [0.25, 0.3) is 0 Å². The third-order valence-corrected chi connectivity index (χ3v) is 3.86. The minimum atomic E-state index is -0.569. The molecule has 0 saturated carbocycles. The zero-order valence-corrected chi connectivity index (χ0v) is 11.7. The van der Waals surface area contributed by atoms with Gasteiger partial charge in [0, 0.05) is 12.2 Å². The monoisotopic (exact) mass is 282 g/mol. The second kappa shape index (κ2) is 5.58. The topological polar surface area (TPSA) is 66.6 Å². The Labute approximate surface area is 123 Å². The van der Waals surface area contributed by atoms with Gasteiger partial charge in [-0.25, -0.2) is 0 Å². The predicted molar refractivity (Wildman–Crippen MR) is 82.3 cm³/mol. The molecular weight excluding hydrogens is 264 g/mol. The van der Waals surface area contributed by atoms with Crippen LogP contribution in [0.5, 0.6) is 5.75 Å². The first kappa shape index (κ1) is 13.6. The number of amides is 1. The number of nitrogens with two attached hydrogens (primary N) is 1. The third kappa shape index (κ3) is 2.76. The first-order valence-corrected chi connectivity index (χ1v) is 7.08. The van der Waals surface area contributed by atoms with Gasteiger partial charge in [0.1, 0.15) is 5.75 Å². The summed E-state index contributed by atoms with van der Waals surface area (Å²) in [6.07, 6.45) is 1.35. The highest BCUT2D eigenvalue weighted by Crippen LogP contribution is 2.28. The van der Waals surface area contributed by atoms with Crippen molar-refractivity contribution in [2.45, 2.75) is 18.9 Å². The van der Waals surface area contributed by atoms with E-state index in [-0.39, 0.29) is 11.7 Å². The summed E-state index contributed by atoms with van der Waals surface area (Å²) in [5, 5.41) is 9.28. The van der Waals surface area contributed by atoms with Crippen LogP contribution in [-0.2, 0) is 17.6 Å². The van der Waals surface area contributed by atoms with Gasteiger partial charge in [0.25, 0.3) is 0 Å². The fourth-order valence-corrected chi connectivity index (χ4v) is 2.74. The number of nitrogens with zero attached hydrogens (tertiary/aromatic N) is 1. The maximum atomic E-state index is 12.5. The Balaban J connectivity index is 1.72. The summed E-state index contributed by atoms with van der Waals surface area (Å²) in [5.41, 5.74) is 9.19. The number of aromatic hydroxyl groups is 1. The van der Waals surface area contributed by atoms with Gasteiger partial charge in [0.2, 0.25) is 5.91 Å². The van der Waals surface area contributed by atoms with E-state index in [1.807, 2.05) is 24.3 Å². The largest absolute Gasteiger partial charge is 0.508 e. The summed E-state index contributed by atoms with van der Waals surface area (Å²) in [7, 11) is 0. The van der Waals surface area contributed by atoms with Crippen molar-refractivity contribution in [3.05, 3.63) is 59.7 Å². The van der Waals surface area contributed by atoms with E-state index in [1.165, 1.54) is 5.56 Å². The molecule has 108 valence electrons. The lowest BCUT2D eigenvalue weighted by atomic mass is 10.1. The van der Waals surface area contributed by atoms with Crippen molar-refractivity contribution in [3.8, 4) is 5.75 Å². The number of rotatable bonds is 3. The molecule has 2 aromatic carbocycles. The highest BCUT2D eigenvalue weighted by Gasteiger charge is 2.27. The van der Waals surface area contributed by atoms with E-state index >= 15 is 0 Å². The molecule has 1 atom stereocenters. The van der Waals surface area contributed by atoms with Crippen molar-refractivity contribution in [3.63, 3.8) is 0 Å². The first-order chi connectivity index (χ1) is 10.1. The molecule has 0 fully saturated rings. The molecule has 1 amide bonds. The average Bonchev–Trinajstić information content (AvgIpc) is 2.92. The number of para-hydroxylation sites is 1. The van der Waals surface area contributed by atoms with Crippen LogP contribution in [0.4, 0.5) is 5.69 Å².